The molecular formula is C16H25ClN2O4S. The highest BCUT2D eigenvalue weighted by atomic mass is 35.5. The quantitative estimate of drug-likeness (QED) is 0.841. The molecule has 0 amide bonds. The zero-order valence-corrected chi connectivity index (χ0v) is 15.6. The van der Waals surface area contributed by atoms with E-state index in [2.05, 4.69) is 11.6 Å². The summed E-state index contributed by atoms with van der Waals surface area (Å²) in [6.07, 6.45) is 3.87. The van der Waals surface area contributed by atoms with Crippen LogP contribution < -0.4 is 19.9 Å². The molecule has 1 heterocycles. The van der Waals surface area contributed by atoms with Gasteiger partial charge in [0.05, 0.1) is 4.90 Å². The van der Waals surface area contributed by atoms with Crippen LogP contribution >= 0.6 is 12.4 Å². The minimum absolute atomic E-state index is 0. The first-order chi connectivity index (χ1) is 10.9. The van der Waals surface area contributed by atoms with Gasteiger partial charge in [-0.15, -0.1) is 12.4 Å². The lowest BCUT2D eigenvalue weighted by Crippen LogP contribution is -2.59. The zero-order chi connectivity index (χ0) is 16.7. The van der Waals surface area contributed by atoms with E-state index in [0.717, 1.165) is 25.7 Å². The third-order valence-corrected chi connectivity index (χ3v) is 6.81. The van der Waals surface area contributed by atoms with Gasteiger partial charge in [0.2, 0.25) is 16.8 Å². The van der Waals surface area contributed by atoms with Crippen molar-refractivity contribution in [3.8, 4) is 11.5 Å². The van der Waals surface area contributed by atoms with Gasteiger partial charge in [-0.2, -0.15) is 0 Å². The Hall–Kier alpha value is -1.02. The Morgan fingerprint density at radius 1 is 1.29 bits per heavy atom. The van der Waals surface area contributed by atoms with Crippen LogP contribution in [0.3, 0.4) is 0 Å². The van der Waals surface area contributed by atoms with Crippen LogP contribution in [0.15, 0.2) is 17.0 Å². The number of sulfonamides is 1. The first-order valence-electron chi connectivity index (χ1n) is 8.02. The van der Waals surface area contributed by atoms with E-state index in [1.54, 1.807) is 13.0 Å². The number of ether oxygens (including phenoxy) is 2. The largest absolute Gasteiger partial charge is 0.454 e. The maximum Gasteiger partial charge on any atom is 0.241 e. The second-order valence-electron chi connectivity index (χ2n) is 6.58. The summed E-state index contributed by atoms with van der Waals surface area (Å²) in [5.41, 5.74) is 6.04. The van der Waals surface area contributed by atoms with E-state index in [1.807, 2.05) is 0 Å². The van der Waals surface area contributed by atoms with Crippen LogP contribution in [0.5, 0.6) is 11.5 Å². The molecule has 1 aromatic rings. The van der Waals surface area contributed by atoms with Crippen molar-refractivity contribution in [2.75, 3.05) is 13.3 Å². The van der Waals surface area contributed by atoms with Crippen molar-refractivity contribution in [2.24, 2.45) is 11.7 Å². The summed E-state index contributed by atoms with van der Waals surface area (Å²) < 4.78 is 39.5. The number of hydrogen-bond acceptors (Lipinski definition) is 5. The van der Waals surface area contributed by atoms with Gasteiger partial charge < -0.3 is 15.2 Å². The minimum atomic E-state index is -3.68. The Bertz CT molecular complexity index is 710. The fourth-order valence-corrected chi connectivity index (χ4v) is 5.32. The summed E-state index contributed by atoms with van der Waals surface area (Å²) in [7, 11) is -3.68. The van der Waals surface area contributed by atoms with Crippen LogP contribution in [0.4, 0.5) is 0 Å². The molecule has 1 fully saturated rings. The third kappa shape index (κ3) is 3.35. The topological polar surface area (TPSA) is 90.7 Å². The molecule has 0 aromatic heterocycles. The van der Waals surface area contributed by atoms with Gasteiger partial charge in [0, 0.05) is 18.2 Å². The lowest BCUT2D eigenvalue weighted by molar-refractivity contribution is 0.174. The maximum atomic E-state index is 13.0. The monoisotopic (exact) mass is 376 g/mol. The van der Waals surface area contributed by atoms with E-state index < -0.39 is 15.6 Å². The van der Waals surface area contributed by atoms with Crippen LogP contribution in [-0.2, 0) is 10.0 Å². The van der Waals surface area contributed by atoms with E-state index in [1.165, 1.54) is 6.07 Å². The fourth-order valence-electron chi connectivity index (χ4n) is 3.55. The van der Waals surface area contributed by atoms with Crippen LogP contribution in [0.1, 0.15) is 38.2 Å². The molecule has 3 N–H and O–H groups in total. The van der Waals surface area contributed by atoms with Gasteiger partial charge in [-0.3, -0.25) is 0 Å². The Morgan fingerprint density at radius 3 is 2.58 bits per heavy atom. The van der Waals surface area contributed by atoms with Gasteiger partial charge >= 0.3 is 0 Å². The molecule has 1 aliphatic heterocycles. The first kappa shape index (κ1) is 19.3. The lowest BCUT2D eigenvalue weighted by Gasteiger charge is -2.42. The molecule has 2 unspecified atom stereocenters. The van der Waals surface area contributed by atoms with E-state index in [4.69, 9.17) is 15.2 Å². The molecular weight excluding hydrogens is 352 g/mol. The predicted molar refractivity (Wildman–Crippen MR) is 94.3 cm³/mol. The number of benzene rings is 1. The van der Waals surface area contributed by atoms with Crippen LogP contribution in [0, 0.1) is 12.8 Å². The summed E-state index contributed by atoms with van der Waals surface area (Å²) in [6, 6.07) is 3.24. The molecule has 0 radical (unpaired) electrons. The summed E-state index contributed by atoms with van der Waals surface area (Å²) in [6.45, 7) is 4.25. The van der Waals surface area contributed by atoms with Crippen molar-refractivity contribution in [2.45, 2.75) is 50.0 Å². The van der Waals surface area contributed by atoms with Crippen molar-refractivity contribution in [1.82, 2.24) is 4.72 Å². The molecule has 1 saturated carbocycles. The number of fused-ring (bicyclic) bond motifs is 1. The molecule has 0 spiro atoms. The second-order valence-corrected chi connectivity index (χ2v) is 8.23. The molecule has 2 aliphatic rings. The highest BCUT2D eigenvalue weighted by Gasteiger charge is 2.41. The van der Waals surface area contributed by atoms with Gasteiger partial charge in [-0.1, -0.05) is 19.8 Å². The van der Waals surface area contributed by atoms with Gasteiger partial charge in [-0.05, 0) is 37.3 Å². The number of aryl methyl sites for hydroxylation is 1. The maximum absolute atomic E-state index is 13.0. The third-order valence-electron chi connectivity index (χ3n) is 5.11. The number of hydrogen-bond donors (Lipinski definition) is 2. The zero-order valence-electron chi connectivity index (χ0n) is 14.0. The average molecular weight is 377 g/mol. The van der Waals surface area contributed by atoms with Crippen molar-refractivity contribution in [1.29, 1.82) is 0 Å². The number of nitrogens with one attached hydrogen (secondary N) is 1. The summed E-state index contributed by atoms with van der Waals surface area (Å²) in [5.74, 6) is 1.26. The van der Waals surface area contributed by atoms with E-state index >= 15 is 0 Å². The fraction of sp³-hybridized carbons (Fsp3) is 0.625. The van der Waals surface area contributed by atoms with Gasteiger partial charge in [0.1, 0.15) is 0 Å². The Labute approximate surface area is 149 Å². The lowest BCUT2D eigenvalue weighted by atomic mass is 9.74. The van der Waals surface area contributed by atoms with Crippen molar-refractivity contribution in [3.05, 3.63) is 17.7 Å². The Balaban J connectivity index is 0.00000208. The molecule has 136 valence electrons. The average Bonchev–Trinajstić information content (AvgIpc) is 2.95. The minimum Gasteiger partial charge on any atom is -0.454 e. The number of rotatable bonds is 4. The molecule has 1 aromatic carbocycles. The van der Waals surface area contributed by atoms with Crippen LogP contribution in [0.25, 0.3) is 0 Å². The number of nitrogens with two attached hydrogens (primary N) is 1. The number of halogens is 1. The second kappa shape index (κ2) is 7.07. The SMILES string of the molecule is Cc1cc2c(cc1S(=O)(=O)NC1(CN)CCCCC1C)OCO2.Cl. The van der Waals surface area contributed by atoms with Crippen molar-refractivity contribution >= 4 is 22.4 Å². The highest BCUT2D eigenvalue weighted by molar-refractivity contribution is 7.89. The Kier molecular flexibility index (Phi) is 5.69. The van der Waals surface area contributed by atoms with E-state index in [9.17, 15) is 8.42 Å². The van der Waals surface area contributed by atoms with Crippen molar-refractivity contribution in [3.63, 3.8) is 0 Å². The molecule has 8 heteroatoms. The van der Waals surface area contributed by atoms with Gasteiger partial charge in [-0.25, -0.2) is 13.1 Å². The molecule has 24 heavy (non-hydrogen) atoms. The highest BCUT2D eigenvalue weighted by Crippen LogP contribution is 2.38. The molecule has 3 rings (SSSR count). The first-order valence-corrected chi connectivity index (χ1v) is 9.50. The summed E-state index contributed by atoms with van der Waals surface area (Å²) in [4.78, 5) is 0.229. The van der Waals surface area contributed by atoms with E-state index in [0.29, 0.717) is 23.6 Å². The normalized spacial score (nSPS) is 26.0. The van der Waals surface area contributed by atoms with E-state index in [-0.39, 0.29) is 30.0 Å². The molecule has 1 aliphatic carbocycles. The smallest absolute Gasteiger partial charge is 0.241 e. The predicted octanol–water partition coefficient (Wildman–Crippen LogP) is 2.33. The summed E-state index contributed by atoms with van der Waals surface area (Å²) >= 11 is 0. The molecule has 0 saturated heterocycles. The van der Waals surface area contributed by atoms with Crippen molar-refractivity contribution < 1.29 is 17.9 Å². The summed E-state index contributed by atoms with van der Waals surface area (Å²) in [5, 5.41) is 0. The van der Waals surface area contributed by atoms with Gasteiger partial charge in [0.25, 0.3) is 0 Å². The van der Waals surface area contributed by atoms with Crippen LogP contribution in [-0.4, -0.2) is 27.3 Å². The molecule has 6 nitrogen and oxygen atoms in total. The van der Waals surface area contributed by atoms with Crippen LogP contribution in [0.2, 0.25) is 0 Å². The molecule has 0 bridgehead atoms. The Morgan fingerprint density at radius 2 is 1.96 bits per heavy atom. The van der Waals surface area contributed by atoms with Gasteiger partial charge in [0.15, 0.2) is 11.5 Å². The molecule has 2 atom stereocenters. The standard InChI is InChI=1S/C16H24N2O4S.ClH/c1-11-7-13-14(22-10-21-13)8-15(11)23(19,20)18-16(9-17)6-4-3-5-12(16)2;/h7-8,12,18H,3-6,9-10,17H2,1-2H3;1H.